The number of benzene rings is 1. The SMILES string of the molecule is C#CN(C(=O)C(NC(=O)OC(C)(C)C)C(C)CC)C(C(=O)NC1CCCCC1)c1cc(C)ccc1C. The predicted octanol–water partition coefficient (Wildman–Crippen LogP) is 5.15. The van der Waals surface area contributed by atoms with Gasteiger partial charge in [0, 0.05) is 12.1 Å². The molecule has 1 aromatic carbocycles. The maximum absolute atomic E-state index is 13.9. The molecule has 7 nitrogen and oxygen atoms in total. The molecule has 36 heavy (non-hydrogen) atoms. The summed E-state index contributed by atoms with van der Waals surface area (Å²) in [5.41, 5.74) is 1.77. The van der Waals surface area contributed by atoms with Gasteiger partial charge in [-0.3, -0.25) is 14.5 Å². The molecule has 1 fully saturated rings. The molecule has 1 aromatic rings. The van der Waals surface area contributed by atoms with Gasteiger partial charge in [0.1, 0.15) is 17.7 Å². The number of amides is 3. The molecule has 3 unspecified atom stereocenters. The van der Waals surface area contributed by atoms with Crippen molar-refractivity contribution in [1.29, 1.82) is 0 Å². The van der Waals surface area contributed by atoms with E-state index in [-0.39, 0.29) is 17.9 Å². The molecule has 2 rings (SSSR count). The molecular formula is C29H43N3O4. The first-order valence-electron chi connectivity index (χ1n) is 13.0. The molecular weight excluding hydrogens is 454 g/mol. The van der Waals surface area contributed by atoms with Gasteiger partial charge in [0.05, 0.1) is 0 Å². The van der Waals surface area contributed by atoms with E-state index in [1.165, 1.54) is 0 Å². The Morgan fingerprint density at radius 1 is 1.17 bits per heavy atom. The van der Waals surface area contributed by atoms with E-state index in [9.17, 15) is 14.4 Å². The van der Waals surface area contributed by atoms with Gasteiger partial charge in [-0.25, -0.2) is 4.79 Å². The van der Waals surface area contributed by atoms with Crippen molar-refractivity contribution in [2.45, 2.75) is 111 Å². The van der Waals surface area contributed by atoms with Crippen LogP contribution in [0.3, 0.4) is 0 Å². The third-order valence-corrected chi connectivity index (χ3v) is 6.72. The van der Waals surface area contributed by atoms with E-state index in [0.29, 0.717) is 12.0 Å². The second-order valence-corrected chi connectivity index (χ2v) is 11.0. The number of carbonyl (C=O) groups excluding carboxylic acids is 3. The zero-order valence-corrected chi connectivity index (χ0v) is 22.9. The Morgan fingerprint density at radius 2 is 1.81 bits per heavy atom. The van der Waals surface area contributed by atoms with Gasteiger partial charge in [-0.15, -0.1) is 0 Å². The second kappa shape index (κ2) is 12.8. The van der Waals surface area contributed by atoms with Crippen LogP contribution in [0.25, 0.3) is 0 Å². The van der Waals surface area contributed by atoms with Crippen LogP contribution in [0.5, 0.6) is 0 Å². The molecule has 0 saturated heterocycles. The highest BCUT2D eigenvalue weighted by molar-refractivity contribution is 5.93. The predicted molar refractivity (Wildman–Crippen MR) is 142 cm³/mol. The van der Waals surface area contributed by atoms with Gasteiger partial charge in [0.2, 0.25) is 5.91 Å². The Labute approximate surface area is 216 Å². The van der Waals surface area contributed by atoms with E-state index < -0.39 is 29.7 Å². The Kier molecular flexibility index (Phi) is 10.4. The van der Waals surface area contributed by atoms with E-state index in [2.05, 4.69) is 16.7 Å². The summed E-state index contributed by atoms with van der Waals surface area (Å²) in [6, 6.07) is 6.35. The fraction of sp³-hybridized carbons (Fsp3) is 0.621. The van der Waals surface area contributed by atoms with Crippen LogP contribution >= 0.6 is 0 Å². The molecule has 198 valence electrons. The van der Waals surface area contributed by atoms with Crippen LogP contribution in [-0.4, -0.2) is 40.5 Å². The lowest BCUT2D eigenvalue weighted by Gasteiger charge is -2.34. The molecule has 0 radical (unpaired) electrons. The smallest absolute Gasteiger partial charge is 0.408 e. The normalized spacial score (nSPS) is 16.7. The van der Waals surface area contributed by atoms with Crippen LogP contribution in [0, 0.1) is 32.2 Å². The molecule has 0 bridgehead atoms. The molecule has 3 atom stereocenters. The molecule has 0 heterocycles. The van der Waals surface area contributed by atoms with Crippen molar-refractivity contribution in [1.82, 2.24) is 15.5 Å². The number of rotatable bonds is 8. The van der Waals surface area contributed by atoms with Crippen LogP contribution in [-0.2, 0) is 14.3 Å². The first-order valence-corrected chi connectivity index (χ1v) is 13.0. The summed E-state index contributed by atoms with van der Waals surface area (Å²) >= 11 is 0. The summed E-state index contributed by atoms with van der Waals surface area (Å²) in [6.07, 6.45) is 10.9. The number of terminal acetylenes is 1. The first kappa shape index (κ1) is 29.2. The van der Waals surface area contributed by atoms with Gasteiger partial charge >= 0.3 is 6.09 Å². The zero-order chi connectivity index (χ0) is 27.0. The topological polar surface area (TPSA) is 87.7 Å². The van der Waals surface area contributed by atoms with Crippen molar-refractivity contribution in [3.05, 3.63) is 34.9 Å². The molecule has 1 aliphatic carbocycles. The highest BCUT2D eigenvalue weighted by atomic mass is 16.6. The van der Waals surface area contributed by atoms with Gasteiger partial charge in [-0.1, -0.05) is 69.7 Å². The molecule has 0 aromatic heterocycles. The Morgan fingerprint density at radius 3 is 2.36 bits per heavy atom. The standard InChI is InChI=1S/C29H43N3O4/c1-9-20(4)24(31-28(35)36-29(6,7)8)27(34)32(10-2)25(23-18-19(3)16-17-21(23)5)26(33)30-22-14-12-11-13-15-22/h2,16-18,20,22,24-25H,9,11-15H2,1,3-8H3,(H,30,33)(H,31,35). The largest absolute Gasteiger partial charge is 0.444 e. The Hall–Kier alpha value is -3.01. The van der Waals surface area contributed by atoms with E-state index in [1.807, 2.05) is 45.9 Å². The van der Waals surface area contributed by atoms with Crippen molar-refractivity contribution >= 4 is 17.9 Å². The van der Waals surface area contributed by atoms with Crippen molar-refractivity contribution in [3.63, 3.8) is 0 Å². The summed E-state index contributed by atoms with van der Waals surface area (Å²) in [5, 5.41) is 5.86. The van der Waals surface area contributed by atoms with Gasteiger partial charge in [0.25, 0.3) is 5.91 Å². The van der Waals surface area contributed by atoms with Gasteiger partial charge in [-0.05, 0) is 64.5 Å². The van der Waals surface area contributed by atoms with E-state index >= 15 is 0 Å². The van der Waals surface area contributed by atoms with Crippen LogP contribution in [0.15, 0.2) is 18.2 Å². The minimum absolute atomic E-state index is 0.0545. The zero-order valence-electron chi connectivity index (χ0n) is 22.9. The number of nitrogens with zero attached hydrogens (tertiary/aromatic N) is 1. The van der Waals surface area contributed by atoms with E-state index in [0.717, 1.165) is 48.1 Å². The molecule has 3 amide bonds. The monoisotopic (exact) mass is 497 g/mol. The molecule has 1 aliphatic rings. The summed E-state index contributed by atoms with van der Waals surface area (Å²) in [7, 11) is 0. The summed E-state index contributed by atoms with van der Waals surface area (Å²) in [6.45, 7) is 12.9. The minimum atomic E-state index is -1.02. The quantitative estimate of drug-likeness (QED) is 0.384. The molecule has 0 aliphatic heterocycles. The molecule has 1 saturated carbocycles. The van der Waals surface area contributed by atoms with Crippen LogP contribution in [0.1, 0.15) is 95.9 Å². The number of hydrogen-bond donors (Lipinski definition) is 2. The first-order chi connectivity index (χ1) is 16.9. The average molecular weight is 498 g/mol. The number of nitrogens with one attached hydrogen (secondary N) is 2. The number of carbonyl (C=O) groups is 3. The van der Waals surface area contributed by atoms with Crippen molar-refractivity contribution in [2.75, 3.05) is 0 Å². The Balaban J connectivity index is 2.46. The van der Waals surface area contributed by atoms with Gasteiger partial charge in [0.15, 0.2) is 0 Å². The highest BCUT2D eigenvalue weighted by Crippen LogP contribution is 2.28. The minimum Gasteiger partial charge on any atom is -0.444 e. The van der Waals surface area contributed by atoms with E-state index in [4.69, 9.17) is 11.2 Å². The fourth-order valence-electron chi connectivity index (χ4n) is 4.51. The second-order valence-electron chi connectivity index (χ2n) is 11.0. The highest BCUT2D eigenvalue weighted by Gasteiger charge is 2.39. The number of aryl methyl sites for hydroxylation is 2. The number of alkyl carbamates (subject to hydrolysis) is 1. The fourth-order valence-corrected chi connectivity index (χ4v) is 4.51. The van der Waals surface area contributed by atoms with Crippen molar-refractivity contribution < 1.29 is 19.1 Å². The average Bonchev–Trinajstić information content (AvgIpc) is 2.81. The lowest BCUT2D eigenvalue weighted by atomic mass is 9.92. The number of ether oxygens (including phenoxy) is 1. The maximum Gasteiger partial charge on any atom is 0.408 e. The molecule has 7 heteroatoms. The molecule has 0 spiro atoms. The van der Waals surface area contributed by atoms with Gasteiger partial charge < -0.3 is 15.4 Å². The summed E-state index contributed by atoms with van der Waals surface area (Å²) in [4.78, 5) is 41.4. The Bertz CT molecular complexity index is 970. The number of hydrogen-bond acceptors (Lipinski definition) is 4. The maximum atomic E-state index is 13.9. The van der Waals surface area contributed by atoms with Crippen LogP contribution in [0.2, 0.25) is 0 Å². The third-order valence-electron chi connectivity index (χ3n) is 6.72. The van der Waals surface area contributed by atoms with Crippen molar-refractivity contribution in [3.8, 4) is 12.5 Å². The summed E-state index contributed by atoms with van der Waals surface area (Å²) < 4.78 is 5.40. The lowest BCUT2D eigenvalue weighted by molar-refractivity contribution is -0.139. The van der Waals surface area contributed by atoms with Crippen molar-refractivity contribution in [2.24, 2.45) is 5.92 Å². The van der Waals surface area contributed by atoms with Crippen LogP contribution < -0.4 is 10.6 Å². The van der Waals surface area contributed by atoms with E-state index in [1.54, 1.807) is 20.8 Å². The molecule has 2 N–H and O–H groups in total. The lowest BCUT2D eigenvalue weighted by Crippen LogP contribution is -2.54. The summed E-state index contributed by atoms with van der Waals surface area (Å²) in [5.74, 6) is -1.05. The van der Waals surface area contributed by atoms with Crippen LogP contribution in [0.4, 0.5) is 4.79 Å². The third kappa shape index (κ3) is 8.01. The van der Waals surface area contributed by atoms with Gasteiger partial charge in [-0.2, -0.15) is 0 Å².